The van der Waals surface area contributed by atoms with E-state index in [1.807, 2.05) is 0 Å². The van der Waals surface area contributed by atoms with Crippen LogP contribution in [-0.4, -0.2) is 49.7 Å². The molecule has 1 aliphatic carbocycles. The molecule has 3 rings (SSSR count). The quantitative estimate of drug-likeness (QED) is 0.397. The largest absolute Gasteiger partial charge is 0.384 e. The Morgan fingerprint density at radius 1 is 1.36 bits per heavy atom. The van der Waals surface area contributed by atoms with Gasteiger partial charge in [0.05, 0.1) is 17.2 Å². The maximum Gasteiger partial charge on any atom is 0.277 e. The zero-order valence-corrected chi connectivity index (χ0v) is 18.0. The van der Waals surface area contributed by atoms with Crippen molar-refractivity contribution in [1.82, 2.24) is 9.78 Å². The lowest BCUT2D eigenvalue weighted by molar-refractivity contribution is 0.103. The molecule has 0 bridgehead atoms. The van der Waals surface area contributed by atoms with Gasteiger partial charge < -0.3 is 4.74 Å². The molecule has 1 aromatic heterocycles. The highest BCUT2D eigenvalue weighted by Gasteiger charge is 2.34. The predicted octanol–water partition coefficient (Wildman–Crippen LogP) is 2.27. The number of nitrogens with zero attached hydrogens (tertiary/aromatic N) is 1. The van der Waals surface area contributed by atoms with Crippen molar-refractivity contribution < 1.29 is 17.9 Å². The molecular formula is C19H24N2O5S2. The fourth-order valence-corrected chi connectivity index (χ4v) is 5.63. The predicted molar refractivity (Wildman–Crippen MR) is 108 cm³/mol. The van der Waals surface area contributed by atoms with E-state index in [4.69, 9.17) is 4.74 Å². The van der Waals surface area contributed by atoms with Crippen molar-refractivity contribution in [2.45, 2.75) is 35.5 Å². The van der Waals surface area contributed by atoms with Crippen LogP contribution in [0.3, 0.4) is 0 Å². The lowest BCUT2D eigenvalue weighted by atomic mass is 9.98. The zero-order chi connectivity index (χ0) is 20.6. The van der Waals surface area contributed by atoms with Gasteiger partial charge in [0.25, 0.3) is 5.56 Å². The minimum atomic E-state index is -3.46. The summed E-state index contributed by atoms with van der Waals surface area (Å²) in [7, 11) is -0.292. The first-order chi connectivity index (χ1) is 13.2. The molecule has 0 radical (unpaired) electrons. The zero-order valence-electron chi connectivity index (χ0n) is 16.4. The van der Waals surface area contributed by atoms with E-state index in [0.29, 0.717) is 34.1 Å². The molecule has 7 nitrogen and oxygen atoms in total. The number of nitrogens with one attached hydrogen (secondary N) is 1. The lowest BCUT2D eigenvalue weighted by Crippen LogP contribution is -2.20. The summed E-state index contributed by atoms with van der Waals surface area (Å²) in [5.74, 6) is 0.394. The van der Waals surface area contributed by atoms with Crippen LogP contribution in [0, 0.1) is 6.92 Å². The smallest absolute Gasteiger partial charge is 0.277 e. The number of carbonyl (C=O) groups is 1. The molecule has 0 spiro atoms. The van der Waals surface area contributed by atoms with Crippen LogP contribution in [0.2, 0.25) is 0 Å². The summed E-state index contributed by atoms with van der Waals surface area (Å²) in [6, 6.07) is 2.97. The molecule has 2 aromatic rings. The van der Waals surface area contributed by atoms with Gasteiger partial charge in [0.2, 0.25) is 5.78 Å². The number of benzene rings is 1. The van der Waals surface area contributed by atoms with Gasteiger partial charge >= 0.3 is 0 Å². The van der Waals surface area contributed by atoms with Crippen LogP contribution in [0.5, 0.6) is 0 Å². The number of aromatic nitrogens is 2. The number of sulfone groups is 1. The highest BCUT2D eigenvalue weighted by atomic mass is 32.2. The Morgan fingerprint density at radius 2 is 2.04 bits per heavy atom. The standard InChI is InChI=1S/C19H24N2O5S2/c1-11-13(7-8-14(28(4,24)25)18(11)27-10-9-26-3)17(22)15-16(12-5-6-12)20-21(2)19(15)23/h7-8,12,20H,5-6,9-10H2,1-4H3. The molecule has 152 valence electrons. The van der Waals surface area contributed by atoms with Gasteiger partial charge in [-0.05, 0) is 37.5 Å². The van der Waals surface area contributed by atoms with E-state index in [1.54, 1.807) is 21.1 Å². The number of thioether (sulfide) groups is 1. The van der Waals surface area contributed by atoms with Gasteiger partial charge in [0, 0.05) is 42.5 Å². The minimum Gasteiger partial charge on any atom is -0.384 e. The van der Waals surface area contributed by atoms with E-state index in [1.165, 1.54) is 28.6 Å². The second-order valence-electron chi connectivity index (χ2n) is 7.05. The second kappa shape index (κ2) is 7.88. The van der Waals surface area contributed by atoms with Gasteiger partial charge in [0.1, 0.15) is 5.56 Å². The number of aryl methyl sites for hydroxylation is 1. The third kappa shape index (κ3) is 3.97. The van der Waals surface area contributed by atoms with E-state index in [-0.39, 0.29) is 27.7 Å². The molecule has 9 heteroatoms. The van der Waals surface area contributed by atoms with Gasteiger partial charge in [-0.25, -0.2) is 8.42 Å². The highest BCUT2D eigenvalue weighted by Crippen LogP contribution is 2.41. The van der Waals surface area contributed by atoms with Crippen LogP contribution < -0.4 is 5.56 Å². The number of carbonyl (C=O) groups excluding carboxylic acids is 1. The van der Waals surface area contributed by atoms with Crippen molar-refractivity contribution in [3.63, 3.8) is 0 Å². The number of methoxy groups -OCH3 is 1. The molecular weight excluding hydrogens is 400 g/mol. The first-order valence-electron chi connectivity index (χ1n) is 8.95. The molecule has 1 N–H and O–H groups in total. The maximum atomic E-state index is 13.3. The maximum absolute atomic E-state index is 13.3. The minimum absolute atomic E-state index is 0.160. The molecule has 28 heavy (non-hydrogen) atoms. The van der Waals surface area contributed by atoms with Crippen LogP contribution in [0.1, 0.15) is 45.9 Å². The van der Waals surface area contributed by atoms with Crippen molar-refractivity contribution >= 4 is 27.4 Å². The van der Waals surface area contributed by atoms with Gasteiger partial charge in [-0.3, -0.25) is 19.4 Å². The van der Waals surface area contributed by atoms with Crippen LogP contribution in [0.4, 0.5) is 0 Å². The van der Waals surface area contributed by atoms with Gasteiger partial charge in [-0.1, -0.05) is 0 Å². The summed E-state index contributed by atoms with van der Waals surface area (Å²) in [6.45, 7) is 2.18. The van der Waals surface area contributed by atoms with Crippen molar-refractivity contribution in [2.75, 3.05) is 25.7 Å². The van der Waals surface area contributed by atoms with Crippen molar-refractivity contribution in [3.8, 4) is 0 Å². The summed E-state index contributed by atoms with van der Waals surface area (Å²) in [5.41, 5.74) is 1.41. The normalized spacial score (nSPS) is 14.4. The van der Waals surface area contributed by atoms with Crippen LogP contribution >= 0.6 is 11.8 Å². The van der Waals surface area contributed by atoms with E-state index < -0.39 is 9.84 Å². The van der Waals surface area contributed by atoms with Gasteiger partial charge in [-0.15, -0.1) is 11.8 Å². The SMILES string of the molecule is COCCSc1c(S(C)(=O)=O)ccc(C(=O)c2c(C3CC3)[nH]n(C)c2=O)c1C. The summed E-state index contributed by atoms with van der Waals surface area (Å²) in [6.07, 6.45) is 3.05. The lowest BCUT2D eigenvalue weighted by Gasteiger charge is -2.14. The highest BCUT2D eigenvalue weighted by molar-refractivity contribution is 8.00. The number of aromatic amines is 1. The van der Waals surface area contributed by atoms with Gasteiger partial charge in [-0.2, -0.15) is 0 Å². The Balaban J connectivity index is 2.11. The molecule has 0 amide bonds. The Morgan fingerprint density at radius 3 is 2.61 bits per heavy atom. The van der Waals surface area contributed by atoms with Crippen molar-refractivity contribution in [3.05, 3.63) is 44.9 Å². The molecule has 0 aliphatic heterocycles. The third-order valence-corrected chi connectivity index (χ3v) is 7.29. The first kappa shape index (κ1) is 20.9. The summed E-state index contributed by atoms with van der Waals surface area (Å²) in [4.78, 5) is 26.6. The number of ether oxygens (including phenoxy) is 1. The van der Waals surface area contributed by atoms with Crippen molar-refractivity contribution in [1.29, 1.82) is 0 Å². The van der Waals surface area contributed by atoms with E-state index in [0.717, 1.165) is 19.1 Å². The molecule has 1 heterocycles. The summed E-state index contributed by atoms with van der Waals surface area (Å²) in [5, 5.41) is 3.00. The van der Waals surface area contributed by atoms with E-state index in [2.05, 4.69) is 5.10 Å². The summed E-state index contributed by atoms with van der Waals surface area (Å²) >= 11 is 1.34. The molecule has 1 aliphatic rings. The molecule has 0 saturated heterocycles. The van der Waals surface area contributed by atoms with Crippen LogP contribution in [0.25, 0.3) is 0 Å². The number of ketones is 1. The number of hydrogen-bond donors (Lipinski definition) is 1. The molecule has 0 unspecified atom stereocenters. The average molecular weight is 425 g/mol. The van der Waals surface area contributed by atoms with Gasteiger partial charge in [0.15, 0.2) is 9.84 Å². The number of H-pyrrole nitrogens is 1. The first-order valence-corrected chi connectivity index (χ1v) is 11.8. The van der Waals surface area contributed by atoms with E-state index in [9.17, 15) is 18.0 Å². The molecule has 1 aromatic carbocycles. The fraction of sp³-hybridized carbons (Fsp3) is 0.474. The Kier molecular flexibility index (Phi) is 5.88. The van der Waals surface area contributed by atoms with Crippen LogP contribution in [0.15, 0.2) is 26.7 Å². The average Bonchev–Trinajstić information content (AvgIpc) is 3.41. The van der Waals surface area contributed by atoms with Crippen LogP contribution in [-0.2, 0) is 21.6 Å². The Hall–Kier alpha value is -1.84. The molecule has 1 saturated carbocycles. The Bertz CT molecular complexity index is 1080. The Labute approximate surface area is 168 Å². The summed E-state index contributed by atoms with van der Waals surface area (Å²) < 4.78 is 30.8. The number of rotatable bonds is 8. The fourth-order valence-electron chi connectivity index (χ4n) is 3.20. The number of hydrogen-bond acceptors (Lipinski definition) is 6. The molecule has 1 fully saturated rings. The third-order valence-electron chi connectivity index (χ3n) is 4.84. The van der Waals surface area contributed by atoms with Crippen molar-refractivity contribution in [2.24, 2.45) is 7.05 Å². The monoisotopic (exact) mass is 424 g/mol. The van der Waals surface area contributed by atoms with E-state index >= 15 is 0 Å². The topological polar surface area (TPSA) is 98.2 Å². The molecule has 0 atom stereocenters. The second-order valence-corrected chi connectivity index (χ2v) is 10.1.